The lowest BCUT2D eigenvalue weighted by Gasteiger charge is -2.24. The summed E-state index contributed by atoms with van der Waals surface area (Å²) in [4.78, 5) is 0. The number of aromatic nitrogens is 2. The fourth-order valence-corrected chi connectivity index (χ4v) is 2.75. The van der Waals surface area contributed by atoms with E-state index in [0.717, 1.165) is 18.7 Å². The van der Waals surface area contributed by atoms with Crippen LogP contribution in [-0.4, -0.2) is 22.5 Å². The maximum Gasteiger partial charge on any atom is 0.0834 e. The van der Waals surface area contributed by atoms with E-state index in [-0.39, 0.29) is 18.2 Å². The van der Waals surface area contributed by atoms with E-state index < -0.39 is 0 Å². The topological polar surface area (TPSA) is 53.1 Å². The summed E-state index contributed by atoms with van der Waals surface area (Å²) in [6.45, 7) is 7.01. The smallest absolute Gasteiger partial charge is 0.0834 e. The first-order chi connectivity index (χ1) is 8.02. The van der Waals surface area contributed by atoms with Gasteiger partial charge >= 0.3 is 0 Å². The number of nitrogens with two attached hydrogens (primary N) is 1. The van der Waals surface area contributed by atoms with E-state index in [1.54, 1.807) is 6.20 Å². The molecule has 0 aromatic carbocycles. The van der Waals surface area contributed by atoms with Crippen molar-refractivity contribution in [3.8, 4) is 0 Å². The summed E-state index contributed by atoms with van der Waals surface area (Å²) >= 11 is 6.21. The zero-order chi connectivity index (χ0) is 12.6. The molecule has 5 heteroatoms. The predicted octanol–water partition coefficient (Wildman–Crippen LogP) is 2.54. The minimum absolute atomic E-state index is 0.107. The highest BCUT2D eigenvalue weighted by Crippen LogP contribution is 2.35. The van der Waals surface area contributed by atoms with Crippen LogP contribution in [-0.2, 0) is 4.74 Å². The van der Waals surface area contributed by atoms with Gasteiger partial charge in [0, 0.05) is 18.6 Å². The van der Waals surface area contributed by atoms with Crippen molar-refractivity contribution in [3.05, 3.63) is 16.9 Å². The minimum Gasteiger partial charge on any atom is -0.378 e. The van der Waals surface area contributed by atoms with Gasteiger partial charge in [0.25, 0.3) is 0 Å². The monoisotopic (exact) mass is 257 g/mol. The van der Waals surface area contributed by atoms with Gasteiger partial charge in [-0.2, -0.15) is 5.10 Å². The molecule has 1 saturated heterocycles. The molecule has 0 spiro atoms. The van der Waals surface area contributed by atoms with Crippen molar-refractivity contribution in [2.75, 3.05) is 6.61 Å². The number of hydrogen-bond donors (Lipinski definition) is 1. The Morgan fingerprint density at radius 1 is 1.59 bits per heavy atom. The third-order valence-electron chi connectivity index (χ3n) is 3.49. The molecule has 0 amide bonds. The SMILES string of the molecule is CC1OCCC1C(N)c1c(Cl)cnn1C(C)C. The van der Waals surface area contributed by atoms with Gasteiger partial charge in [0.1, 0.15) is 0 Å². The van der Waals surface area contributed by atoms with Crippen LogP contribution in [0.25, 0.3) is 0 Å². The molecule has 96 valence electrons. The van der Waals surface area contributed by atoms with Gasteiger partial charge < -0.3 is 10.5 Å². The summed E-state index contributed by atoms with van der Waals surface area (Å²) in [7, 11) is 0. The van der Waals surface area contributed by atoms with E-state index in [2.05, 4.69) is 25.9 Å². The molecule has 0 saturated carbocycles. The molecule has 3 atom stereocenters. The number of ether oxygens (including phenoxy) is 1. The van der Waals surface area contributed by atoms with E-state index in [0.29, 0.717) is 10.9 Å². The van der Waals surface area contributed by atoms with Crippen molar-refractivity contribution in [1.82, 2.24) is 9.78 Å². The van der Waals surface area contributed by atoms with Crippen LogP contribution in [0.5, 0.6) is 0 Å². The van der Waals surface area contributed by atoms with Crippen LogP contribution >= 0.6 is 11.6 Å². The molecule has 0 radical (unpaired) electrons. The first-order valence-electron chi connectivity index (χ1n) is 6.12. The average Bonchev–Trinajstić information content (AvgIpc) is 2.83. The van der Waals surface area contributed by atoms with Crippen LogP contribution < -0.4 is 5.73 Å². The van der Waals surface area contributed by atoms with Crippen molar-refractivity contribution < 1.29 is 4.74 Å². The van der Waals surface area contributed by atoms with E-state index >= 15 is 0 Å². The number of hydrogen-bond acceptors (Lipinski definition) is 3. The maximum absolute atomic E-state index is 6.35. The highest BCUT2D eigenvalue weighted by Gasteiger charge is 2.33. The van der Waals surface area contributed by atoms with Crippen LogP contribution in [0.3, 0.4) is 0 Å². The molecule has 1 aromatic heterocycles. The molecule has 2 rings (SSSR count). The van der Waals surface area contributed by atoms with Gasteiger partial charge in [-0.1, -0.05) is 11.6 Å². The van der Waals surface area contributed by atoms with Crippen molar-refractivity contribution in [2.24, 2.45) is 11.7 Å². The molecule has 3 unspecified atom stereocenters. The molecular formula is C12H20ClN3O. The Morgan fingerprint density at radius 2 is 2.29 bits per heavy atom. The van der Waals surface area contributed by atoms with Crippen LogP contribution in [0.4, 0.5) is 0 Å². The first kappa shape index (κ1) is 12.9. The third-order valence-corrected chi connectivity index (χ3v) is 3.78. The molecule has 4 nitrogen and oxygen atoms in total. The van der Waals surface area contributed by atoms with Gasteiger partial charge in [-0.15, -0.1) is 0 Å². The second-order valence-electron chi connectivity index (χ2n) is 4.97. The molecule has 0 aliphatic carbocycles. The third kappa shape index (κ3) is 2.34. The van der Waals surface area contributed by atoms with Gasteiger partial charge in [0.05, 0.1) is 29.1 Å². The first-order valence-corrected chi connectivity index (χ1v) is 6.50. The van der Waals surface area contributed by atoms with E-state index in [1.807, 2.05) is 4.68 Å². The summed E-state index contributed by atoms with van der Waals surface area (Å²) < 4.78 is 7.49. The highest BCUT2D eigenvalue weighted by molar-refractivity contribution is 6.31. The van der Waals surface area contributed by atoms with E-state index in [4.69, 9.17) is 22.1 Å². The molecule has 17 heavy (non-hydrogen) atoms. The van der Waals surface area contributed by atoms with Crippen molar-refractivity contribution in [2.45, 2.75) is 45.4 Å². The molecule has 2 heterocycles. The van der Waals surface area contributed by atoms with Gasteiger partial charge in [0.15, 0.2) is 0 Å². The van der Waals surface area contributed by atoms with Crippen molar-refractivity contribution >= 4 is 11.6 Å². The molecule has 0 bridgehead atoms. The van der Waals surface area contributed by atoms with Crippen LogP contribution in [0, 0.1) is 5.92 Å². The zero-order valence-electron chi connectivity index (χ0n) is 10.6. The quantitative estimate of drug-likeness (QED) is 0.905. The fourth-order valence-electron chi connectivity index (χ4n) is 2.50. The molecule has 1 aliphatic heterocycles. The van der Waals surface area contributed by atoms with E-state index in [9.17, 15) is 0 Å². The lowest BCUT2D eigenvalue weighted by atomic mass is 9.92. The van der Waals surface area contributed by atoms with Crippen LogP contribution in [0.1, 0.15) is 45.0 Å². The molecular weight excluding hydrogens is 238 g/mol. The second kappa shape index (κ2) is 4.96. The Labute approximate surface area is 107 Å². The Morgan fingerprint density at radius 3 is 2.82 bits per heavy atom. The summed E-state index contributed by atoms with van der Waals surface area (Å²) in [5.74, 6) is 0.321. The highest BCUT2D eigenvalue weighted by atomic mass is 35.5. The van der Waals surface area contributed by atoms with Gasteiger partial charge in [-0.05, 0) is 27.2 Å². The number of rotatable bonds is 3. The number of halogens is 1. The maximum atomic E-state index is 6.35. The molecule has 2 N–H and O–H groups in total. The van der Waals surface area contributed by atoms with Crippen LogP contribution in [0.15, 0.2) is 6.20 Å². The Hall–Kier alpha value is -0.580. The summed E-state index contributed by atoms with van der Waals surface area (Å²) in [6, 6.07) is 0.158. The van der Waals surface area contributed by atoms with Gasteiger partial charge in [-0.3, -0.25) is 4.68 Å². The van der Waals surface area contributed by atoms with Gasteiger partial charge in [0.2, 0.25) is 0 Å². The zero-order valence-corrected chi connectivity index (χ0v) is 11.3. The molecule has 1 fully saturated rings. The number of nitrogens with zero attached hydrogens (tertiary/aromatic N) is 2. The summed E-state index contributed by atoms with van der Waals surface area (Å²) in [5.41, 5.74) is 7.28. The summed E-state index contributed by atoms with van der Waals surface area (Å²) in [6.07, 6.45) is 2.86. The van der Waals surface area contributed by atoms with E-state index in [1.165, 1.54) is 0 Å². The van der Waals surface area contributed by atoms with Crippen LogP contribution in [0.2, 0.25) is 5.02 Å². The lowest BCUT2D eigenvalue weighted by Crippen LogP contribution is -2.29. The Balaban J connectivity index is 2.29. The lowest BCUT2D eigenvalue weighted by molar-refractivity contribution is 0.0985. The summed E-state index contributed by atoms with van der Waals surface area (Å²) in [5, 5.41) is 4.95. The molecule has 1 aromatic rings. The average molecular weight is 258 g/mol. The Kier molecular flexibility index (Phi) is 3.76. The minimum atomic E-state index is -0.107. The predicted molar refractivity (Wildman–Crippen MR) is 68.1 cm³/mol. The second-order valence-corrected chi connectivity index (χ2v) is 5.38. The largest absolute Gasteiger partial charge is 0.378 e. The Bertz CT molecular complexity index is 391. The van der Waals surface area contributed by atoms with Crippen molar-refractivity contribution in [1.29, 1.82) is 0 Å². The fraction of sp³-hybridized carbons (Fsp3) is 0.750. The normalized spacial score (nSPS) is 26.7. The van der Waals surface area contributed by atoms with Gasteiger partial charge in [-0.25, -0.2) is 0 Å². The molecule has 1 aliphatic rings. The standard InChI is InChI=1S/C12H20ClN3O/c1-7(2)16-12(10(13)6-15-16)11(14)9-4-5-17-8(9)3/h6-9,11H,4-5,14H2,1-3H3. The van der Waals surface area contributed by atoms with Crippen molar-refractivity contribution in [3.63, 3.8) is 0 Å².